The van der Waals surface area contributed by atoms with Crippen molar-refractivity contribution in [1.82, 2.24) is 15.5 Å². The summed E-state index contributed by atoms with van der Waals surface area (Å²) >= 11 is 0. The molecule has 2 N–H and O–H groups in total. The molecule has 1 atom stereocenters. The van der Waals surface area contributed by atoms with Crippen molar-refractivity contribution in [1.29, 1.82) is 0 Å². The van der Waals surface area contributed by atoms with Gasteiger partial charge in [0.2, 0.25) is 5.91 Å². The maximum atomic E-state index is 12.3. The van der Waals surface area contributed by atoms with E-state index in [1.54, 1.807) is 7.11 Å². The first-order valence-corrected chi connectivity index (χ1v) is 10.7. The Labute approximate surface area is 207 Å². The fraction of sp³-hybridized carbons (Fsp3) is 0.417. The number of hydrogen-bond donors (Lipinski definition) is 2. The van der Waals surface area contributed by atoms with Crippen molar-refractivity contribution in [2.75, 3.05) is 39.9 Å². The van der Waals surface area contributed by atoms with Crippen LogP contribution >= 0.6 is 24.0 Å². The maximum Gasteiger partial charge on any atom is 0.242 e. The average Bonchev–Trinajstić information content (AvgIpc) is 2.81. The van der Waals surface area contributed by atoms with Crippen LogP contribution in [0.4, 0.5) is 0 Å². The molecule has 1 aliphatic heterocycles. The third kappa shape index (κ3) is 7.37. The number of morpholine rings is 1. The Morgan fingerprint density at radius 3 is 2.62 bits per heavy atom. The Morgan fingerprint density at radius 1 is 1.19 bits per heavy atom. The van der Waals surface area contributed by atoms with E-state index in [0.717, 1.165) is 30.4 Å². The first-order valence-electron chi connectivity index (χ1n) is 10.7. The summed E-state index contributed by atoms with van der Waals surface area (Å²) in [5.41, 5.74) is 3.42. The molecule has 2 aromatic rings. The van der Waals surface area contributed by atoms with Crippen molar-refractivity contribution in [2.24, 2.45) is 4.99 Å². The van der Waals surface area contributed by atoms with Crippen LogP contribution in [0.15, 0.2) is 53.5 Å². The fourth-order valence-electron chi connectivity index (χ4n) is 3.55. The number of rotatable bonds is 7. The molecule has 0 saturated carbocycles. The van der Waals surface area contributed by atoms with Gasteiger partial charge in [0.1, 0.15) is 18.4 Å². The highest BCUT2D eigenvalue weighted by molar-refractivity contribution is 14.0. The summed E-state index contributed by atoms with van der Waals surface area (Å²) in [5, 5.41) is 6.23. The fourth-order valence-corrected chi connectivity index (χ4v) is 3.55. The lowest BCUT2D eigenvalue weighted by Crippen LogP contribution is -2.48. The molecule has 1 aliphatic rings. The molecule has 0 aliphatic carbocycles. The van der Waals surface area contributed by atoms with Crippen LogP contribution in [-0.2, 0) is 16.1 Å². The minimum Gasteiger partial charge on any atom is -0.497 e. The SMILES string of the molecule is CCNC(=NCC(=O)NCc1ccc(OC)cc1)N1CCOC(c2ccccc2C)C1.I. The normalized spacial score (nSPS) is 16.2. The standard InChI is InChI=1S/C24H32N4O3.HI/c1-4-25-24(27-16-23(29)26-15-19-9-11-20(30-3)12-10-19)28-13-14-31-22(17-28)21-8-6-5-7-18(21)2;/h5-12,22H,4,13-17H2,1-3H3,(H,25,27)(H,26,29);1H. The van der Waals surface area contributed by atoms with Gasteiger partial charge in [0.05, 0.1) is 20.3 Å². The van der Waals surface area contributed by atoms with Gasteiger partial charge in [-0.25, -0.2) is 4.99 Å². The van der Waals surface area contributed by atoms with E-state index in [1.807, 2.05) is 43.3 Å². The van der Waals surface area contributed by atoms with Gasteiger partial charge in [0, 0.05) is 19.6 Å². The van der Waals surface area contributed by atoms with Crippen molar-refractivity contribution in [2.45, 2.75) is 26.5 Å². The Kier molecular flexibility index (Phi) is 10.8. The van der Waals surface area contributed by atoms with Gasteiger partial charge >= 0.3 is 0 Å². The number of ether oxygens (including phenoxy) is 2. The number of methoxy groups -OCH3 is 1. The van der Waals surface area contributed by atoms with E-state index in [-0.39, 0.29) is 42.5 Å². The number of halogens is 1. The third-order valence-corrected chi connectivity index (χ3v) is 5.26. The monoisotopic (exact) mass is 552 g/mol. The van der Waals surface area contributed by atoms with Gasteiger partial charge in [-0.2, -0.15) is 0 Å². The van der Waals surface area contributed by atoms with Crippen LogP contribution in [0.5, 0.6) is 5.75 Å². The van der Waals surface area contributed by atoms with E-state index in [2.05, 4.69) is 39.6 Å². The number of benzene rings is 2. The molecule has 3 rings (SSSR count). The smallest absolute Gasteiger partial charge is 0.242 e. The Balaban J connectivity index is 0.00000363. The van der Waals surface area contributed by atoms with Gasteiger partial charge < -0.3 is 25.0 Å². The molecule has 32 heavy (non-hydrogen) atoms. The van der Waals surface area contributed by atoms with Gasteiger partial charge in [-0.3, -0.25) is 4.79 Å². The van der Waals surface area contributed by atoms with Gasteiger partial charge in [0.25, 0.3) is 0 Å². The van der Waals surface area contributed by atoms with Crippen molar-refractivity contribution in [3.63, 3.8) is 0 Å². The van der Waals surface area contributed by atoms with Crippen LogP contribution in [0, 0.1) is 6.92 Å². The molecule has 0 bridgehead atoms. The zero-order valence-electron chi connectivity index (χ0n) is 19.0. The number of nitrogens with zero attached hydrogens (tertiary/aromatic N) is 2. The van der Waals surface area contributed by atoms with Crippen molar-refractivity contribution >= 4 is 35.8 Å². The van der Waals surface area contributed by atoms with Crippen molar-refractivity contribution in [3.8, 4) is 5.75 Å². The molecule has 0 aromatic heterocycles. The van der Waals surface area contributed by atoms with E-state index >= 15 is 0 Å². The number of aryl methyl sites for hydroxylation is 1. The highest BCUT2D eigenvalue weighted by Crippen LogP contribution is 2.25. The summed E-state index contributed by atoms with van der Waals surface area (Å²) in [6.45, 7) is 7.45. The second-order valence-corrected chi connectivity index (χ2v) is 7.46. The number of amides is 1. The molecule has 1 unspecified atom stereocenters. The Hall–Kier alpha value is -2.33. The summed E-state index contributed by atoms with van der Waals surface area (Å²) in [4.78, 5) is 19.1. The van der Waals surface area contributed by atoms with E-state index < -0.39 is 0 Å². The second-order valence-electron chi connectivity index (χ2n) is 7.46. The molecule has 1 saturated heterocycles. The number of carbonyl (C=O) groups is 1. The summed E-state index contributed by atoms with van der Waals surface area (Å²) < 4.78 is 11.2. The first kappa shape index (κ1) is 25.9. The summed E-state index contributed by atoms with van der Waals surface area (Å²) in [6.07, 6.45) is -0.0114. The topological polar surface area (TPSA) is 75.2 Å². The average molecular weight is 552 g/mol. The van der Waals surface area contributed by atoms with E-state index in [0.29, 0.717) is 19.7 Å². The van der Waals surface area contributed by atoms with Crippen LogP contribution in [0.3, 0.4) is 0 Å². The van der Waals surface area contributed by atoms with E-state index in [9.17, 15) is 4.79 Å². The van der Waals surface area contributed by atoms with Crippen LogP contribution in [0.2, 0.25) is 0 Å². The Morgan fingerprint density at radius 2 is 1.94 bits per heavy atom. The van der Waals surface area contributed by atoms with Gasteiger partial charge in [-0.15, -0.1) is 24.0 Å². The number of aliphatic imine (C=N–C) groups is 1. The van der Waals surface area contributed by atoms with Crippen molar-refractivity contribution in [3.05, 3.63) is 65.2 Å². The van der Waals surface area contributed by atoms with Crippen LogP contribution < -0.4 is 15.4 Å². The van der Waals surface area contributed by atoms with Crippen LogP contribution in [0.1, 0.15) is 29.7 Å². The largest absolute Gasteiger partial charge is 0.497 e. The predicted octanol–water partition coefficient (Wildman–Crippen LogP) is 3.28. The number of hydrogen-bond acceptors (Lipinski definition) is 4. The third-order valence-electron chi connectivity index (χ3n) is 5.26. The summed E-state index contributed by atoms with van der Waals surface area (Å²) in [7, 11) is 1.63. The molecule has 2 aromatic carbocycles. The molecule has 1 fully saturated rings. The Bertz CT molecular complexity index is 889. The van der Waals surface area contributed by atoms with Crippen molar-refractivity contribution < 1.29 is 14.3 Å². The quantitative estimate of drug-likeness (QED) is 0.314. The highest BCUT2D eigenvalue weighted by Gasteiger charge is 2.25. The van der Waals surface area contributed by atoms with E-state index in [4.69, 9.17) is 9.47 Å². The molecule has 0 spiro atoms. The zero-order chi connectivity index (χ0) is 22.1. The maximum absolute atomic E-state index is 12.3. The zero-order valence-corrected chi connectivity index (χ0v) is 21.3. The minimum atomic E-state index is -0.116. The molecular weight excluding hydrogens is 519 g/mol. The highest BCUT2D eigenvalue weighted by atomic mass is 127. The van der Waals surface area contributed by atoms with E-state index in [1.165, 1.54) is 11.1 Å². The number of carbonyl (C=O) groups excluding carboxylic acids is 1. The molecule has 1 amide bonds. The minimum absolute atomic E-state index is 0. The lowest BCUT2D eigenvalue weighted by atomic mass is 10.0. The van der Waals surface area contributed by atoms with Crippen LogP contribution in [-0.4, -0.2) is 56.7 Å². The summed E-state index contributed by atoms with van der Waals surface area (Å²) in [6, 6.07) is 15.9. The number of nitrogens with one attached hydrogen (secondary N) is 2. The molecule has 7 nitrogen and oxygen atoms in total. The molecule has 8 heteroatoms. The second kappa shape index (κ2) is 13.3. The molecule has 1 heterocycles. The lowest BCUT2D eigenvalue weighted by Gasteiger charge is -2.35. The first-order chi connectivity index (χ1) is 15.1. The molecular formula is C24H33IN4O3. The number of guanidine groups is 1. The summed E-state index contributed by atoms with van der Waals surface area (Å²) in [5.74, 6) is 1.42. The lowest BCUT2D eigenvalue weighted by molar-refractivity contribution is -0.119. The van der Waals surface area contributed by atoms with Crippen LogP contribution in [0.25, 0.3) is 0 Å². The predicted molar refractivity (Wildman–Crippen MR) is 138 cm³/mol. The molecule has 174 valence electrons. The molecule has 0 radical (unpaired) electrons. The van der Waals surface area contributed by atoms with Gasteiger partial charge in [-0.1, -0.05) is 36.4 Å². The van der Waals surface area contributed by atoms with Gasteiger partial charge in [0.15, 0.2) is 5.96 Å². The van der Waals surface area contributed by atoms with Gasteiger partial charge in [-0.05, 0) is 42.7 Å².